The first-order chi connectivity index (χ1) is 8.44. The van der Waals surface area contributed by atoms with Gasteiger partial charge >= 0.3 is 0 Å². The lowest BCUT2D eigenvalue weighted by Gasteiger charge is -2.01. The van der Waals surface area contributed by atoms with Crippen molar-refractivity contribution in [2.45, 2.75) is 6.42 Å². The predicted molar refractivity (Wildman–Crippen MR) is 73.3 cm³/mol. The third-order valence-corrected chi connectivity index (χ3v) is 3.52. The Hall–Kier alpha value is -1.76. The van der Waals surface area contributed by atoms with E-state index in [1.54, 1.807) is 6.07 Å². The van der Waals surface area contributed by atoms with Crippen LogP contribution < -0.4 is 11.1 Å². The Bertz CT molecular complexity index is 648. The average molecular weight is 268 g/mol. The number of hydrogen-bond acceptors (Lipinski definition) is 5. The fourth-order valence-electron chi connectivity index (χ4n) is 1.65. The Morgan fingerprint density at radius 2 is 2.22 bits per heavy atom. The highest BCUT2D eigenvalue weighted by Gasteiger charge is 2.04. The van der Waals surface area contributed by atoms with Gasteiger partial charge in [-0.25, -0.2) is 13.4 Å². The van der Waals surface area contributed by atoms with Crippen molar-refractivity contribution in [1.82, 2.24) is 9.97 Å². The maximum atomic E-state index is 11.0. The maximum absolute atomic E-state index is 11.0. The molecule has 0 radical (unpaired) electrons. The summed E-state index contributed by atoms with van der Waals surface area (Å²) >= 11 is 0. The first-order valence-corrected chi connectivity index (χ1v) is 7.67. The van der Waals surface area contributed by atoms with E-state index in [9.17, 15) is 8.42 Å². The summed E-state index contributed by atoms with van der Waals surface area (Å²) in [6, 6.07) is 5.43. The second-order valence-electron chi connectivity index (χ2n) is 4.27. The fourth-order valence-corrected chi connectivity index (χ4v) is 2.32. The van der Waals surface area contributed by atoms with Gasteiger partial charge in [-0.3, -0.25) is 0 Å². The van der Waals surface area contributed by atoms with E-state index in [0.29, 0.717) is 24.6 Å². The predicted octanol–water partition coefficient (Wildman–Crippen LogP) is 0.992. The standard InChI is InChI=1S/C11H16N4O2S/c1-18(16,17)6-2-5-13-11-14-9-4-3-8(12)7-10(9)15-11/h3-4,7H,2,5-6,12H2,1H3,(H2,13,14,15). The van der Waals surface area contributed by atoms with Gasteiger partial charge in [0.25, 0.3) is 0 Å². The number of aromatic amines is 1. The number of benzene rings is 1. The van der Waals surface area contributed by atoms with Gasteiger partial charge in [0.2, 0.25) is 5.95 Å². The highest BCUT2D eigenvalue weighted by Crippen LogP contribution is 2.16. The summed E-state index contributed by atoms with van der Waals surface area (Å²) in [5.74, 6) is 0.803. The van der Waals surface area contributed by atoms with Gasteiger partial charge in [0.1, 0.15) is 9.84 Å². The van der Waals surface area contributed by atoms with Crippen LogP contribution in [-0.2, 0) is 9.84 Å². The number of fused-ring (bicyclic) bond motifs is 1. The number of nitrogens with one attached hydrogen (secondary N) is 2. The minimum atomic E-state index is -2.90. The number of anilines is 2. The number of imidazole rings is 1. The molecule has 0 saturated heterocycles. The molecule has 0 amide bonds. The highest BCUT2D eigenvalue weighted by molar-refractivity contribution is 7.90. The number of nitrogens with two attached hydrogens (primary N) is 1. The zero-order valence-electron chi connectivity index (χ0n) is 10.1. The average Bonchev–Trinajstić information content (AvgIpc) is 2.65. The van der Waals surface area contributed by atoms with Gasteiger partial charge in [-0.05, 0) is 24.6 Å². The number of nitrogen functional groups attached to an aromatic ring is 1. The van der Waals surface area contributed by atoms with Crippen LogP contribution in [0.3, 0.4) is 0 Å². The van der Waals surface area contributed by atoms with Gasteiger partial charge in [-0.1, -0.05) is 0 Å². The molecule has 0 aliphatic rings. The van der Waals surface area contributed by atoms with Crippen molar-refractivity contribution in [3.8, 4) is 0 Å². The molecule has 7 heteroatoms. The van der Waals surface area contributed by atoms with Gasteiger partial charge in [-0.2, -0.15) is 0 Å². The molecule has 2 aromatic rings. The van der Waals surface area contributed by atoms with Gasteiger partial charge in [0.05, 0.1) is 16.8 Å². The Morgan fingerprint density at radius 1 is 1.44 bits per heavy atom. The molecule has 2 rings (SSSR count). The molecule has 0 saturated carbocycles. The summed E-state index contributed by atoms with van der Waals surface area (Å²) in [5, 5.41) is 3.05. The molecule has 0 aliphatic heterocycles. The molecule has 0 atom stereocenters. The molecule has 4 N–H and O–H groups in total. The van der Waals surface area contributed by atoms with Crippen LogP contribution in [0.2, 0.25) is 0 Å². The van der Waals surface area contributed by atoms with Crippen LogP contribution in [-0.4, -0.2) is 36.9 Å². The van der Waals surface area contributed by atoms with Crippen LogP contribution in [0.5, 0.6) is 0 Å². The molecule has 0 aliphatic carbocycles. The lowest BCUT2D eigenvalue weighted by atomic mass is 10.3. The number of H-pyrrole nitrogens is 1. The molecule has 98 valence electrons. The van der Waals surface area contributed by atoms with Crippen LogP contribution in [0.1, 0.15) is 6.42 Å². The quantitative estimate of drug-likeness (QED) is 0.554. The van der Waals surface area contributed by atoms with E-state index in [0.717, 1.165) is 11.0 Å². The molecule has 1 aromatic heterocycles. The number of rotatable bonds is 5. The SMILES string of the molecule is CS(=O)(=O)CCCNc1nc2ccc(N)cc2[nH]1. The molecule has 1 heterocycles. The summed E-state index contributed by atoms with van der Waals surface area (Å²) in [5.41, 5.74) is 8.03. The van der Waals surface area contributed by atoms with Crippen molar-refractivity contribution in [2.24, 2.45) is 0 Å². The largest absolute Gasteiger partial charge is 0.399 e. The van der Waals surface area contributed by atoms with Gasteiger partial charge in [-0.15, -0.1) is 0 Å². The number of sulfone groups is 1. The number of hydrogen-bond donors (Lipinski definition) is 3. The Labute approximate surface area is 106 Å². The number of aromatic nitrogens is 2. The minimum Gasteiger partial charge on any atom is -0.399 e. The van der Waals surface area contributed by atoms with Crippen LogP contribution in [0.25, 0.3) is 11.0 Å². The van der Waals surface area contributed by atoms with Gasteiger partial charge in [0, 0.05) is 18.5 Å². The molecule has 18 heavy (non-hydrogen) atoms. The van der Waals surface area contributed by atoms with Crippen molar-refractivity contribution in [3.05, 3.63) is 18.2 Å². The van der Waals surface area contributed by atoms with Crippen LogP contribution in [0.4, 0.5) is 11.6 Å². The van der Waals surface area contributed by atoms with E-state index in [1.807, 2.05) is 12.1 Å². The third-order valence-electron chi connectivity index (χ3n) is 2.49. The van der Waals surface area contributed by atoms with Crippen molar-refractivity contribution in [2.75, 3.05) is 29.6 Å². The van der Waals surface area contributed by atoms with Crippen LogP contribution in [0.15, 0.2) is 18.2 Å². The normalized spacial score (nSPS) is 11.8. The zero-order chi connectivity index (χ0) is 13.2. The van der Waals surface area contributed by atoms with E-state index in [-0.39, 0.29) is 5.75 Å². The highest BCUT2D eigenvalue weighted by atomic mass is 32.2. The summed E-state index contributed by atoms with van der Waals surface area (Å²) in [6.45, 7) is 0.558. The first kappa shape index (κ1) is 12.7. The van der Waals surface area contributed by atoms with E-state index in [4.69, 9.17) is 5.73 Å². The minimum absolute atomic E-state index is 0.174. The summed E-state index contributed by atoms with van der Waals surface area (Å²) in [6.07, 6.45) is 1.79. The molecular formula is C11H16N4O2S. The lowest BCUT2D eigenvalue weighted by molar-refractivity contribution is 0.600. The second-order valence-corrected chi connectivity index (χ2v) is 6.53. The monoisotopic (exact) mass is 268 g/mol. The zero-order valence-corrected chi connectivity index (χ0v) is 10.9. The lowest BCUT2D eigenvalue weighted by Crippen LogP contribution is -2.10. The third kappa shape index (κ3) is 3.36. The molecule has 0 bridgehead atoms. The van der Waals surface area contributed by atoms with E-state index < -0.39 is 9.84 Å². The Kier molecular flexibility index (Phi) is 3.42. The molecule has 1 aromatic carbocycles. The van der Waals surface area contributed by atoms with Gasteiger partial charge in [0.15, 0.2) is 0 Å². The van der Waals surface area contributed by atoms with Crippen molar-refractivity contribution in [3.63, 3.8) is 0 Å². The number of nitrogens with zero attached hydrogens (tertiary/aromatic N) is 1. The summed E-state index contributed by atoms with van der Waals surface area (Å²) in [4.78, 5) is 7.40. The Morgan fingerprint density at radius 3 is 2.94 bits per heavy atom. The first-order valence-electron chi connectivity index (χ1n) is 5.61. The van der Waals surface area contributed by atoms with Crippen molar-refractivity contribution < 1.29 is 8.42 Å². The second kappa shape index (κ2) is 4.85. The van der Waals surface area contributed by atoms with Crippen molar-refractivity contribution in [1.29, 1.82) is 0 Å². The smallest absolute Gasteiger partial charge is 0.201 e. The molecule has 0 unspecified atom stereocenters. The van der Waals surface area contributed by atoms with E-state index >= 15 is 0 Å². The summed E-state index contributed by atoms with van der Waals surface area (Å²) in [7, 11) is -2.90. The molecule has 0 fully saturated rings. The van der Waals surface area contributed by atoms with Gasteiger partial charge < -0.3 is 16.0 Å². The summed E-state index contributed by atoms with van der Waals surface area (Å²) < 4.78 is 21.9. The molecule has 6 nitrogen and oxygen atoms in total. The Balaban J connectivity index is 1.96. The van der Waals surface area contributed by atoms with Crippen molar-refractivity contribution >= 4 is 32.5 Å². The van der Waals surface area contributed by atoms with E-state index in [1.165, 1.54) is 6.26 Å². The van der Waals surface area contributed by atoms with Crippen LogP contribution in [0, 0.1) is 0 Å². The fraction of sp³-hybridized carbons (Fsp3) is 0.364. The topological polar surface area (TPSA) is 101 Å². The van der Waals surface area contributed by atoms with Crippen LogP contribution >= 0.6 is 0 Å². The van der Waals surface area contributed by atoms with E-state index in [2.05, 4.69) is 15.3 Å². The molecular weight excluding hydrogens is 252 g/mol. The maximum Gasteiger partial charge on any atom is 0.201 e. The molecule has 0 spiro atoms.